The molecule has 0 bridgehead atoms. The number of nitrogens with zero attached hydrogens (tertiary/aromatic N) is 5. The Labute approximate surface area is 159 Å². The van der Waals surface area contributed by atoms with Crippen molar-refractivity contribution in [2.75, 3.05) is 38.0 Å². The Morgan fingerprint density at radius 1 is 1.07 bits per heavy atom. The van der Waals surface area contributed by atoms with Gasteiger partial charge in [-0.15, -0.1) is 10.2 Å². The lowest BCUT2D eigenvalue weighted by Gasteiger charge is -2.34. The Bertz CT molecular complexity index is 953. The fourth-order valence-electron chi connectivity index (χ4n) is 3.05. The highest BCUT2D eigenvalue weighted by molar-refractivity contribution is 7.13. The average Bonchev–Trinajstić information content (AvgIpc) is 3.20. The number of carbonyl (C=O) groups is 2. The van der Waals surface area contributed by atoms with Crippen LogP contribution in [0.15, 0.2) is 41.9 Å². The third kappa shape index (κ3) is 4.09. The Kier molecular flexibility index (Phi) is 5.03. The van der Waals surface area contributed by atoms with Gasteiger partial charge in [-0.2, -0.15) is 0 Å². The van der Waals surface area contributed by atoms with Gasteiger partial charge in [0.05, 0.1) is 12.1 Å². The van der Waals surface area contributed by atoms with E-state index in [0.717, 1.165) is 10.9 Å². The summed E-state index contributed by atoms with van der Waals surface area (Å²) in [4.78, 5) is 33.1. The summed E-state index contributed by atoms with van der Waals surface area (Å²) in [5.41, 5.74) is 2.84. The molecule has 3 heterocycles. The number of hydrogen-bond acceptors (Lipinski definition) is 7. The fourth-order valence-corrected chi connectivity index (χ4v) is 3.51. The molecule has 0 spiro atoms. The Morgan fingerprint density at radius 3 is 2.67 bits per heavy atom. The Balaban J connectivity index is 1.32. The van der Waals surface area contributed by atoms with Gasteiger partial charge >= 0.3 is 0 Å². The molecule has 2 aromatic heterocycles. The molecule has 9 heteroatoms. The molecule has 1 aliphatic rings. The lowest BCUT2D eigenvalue weighted by Crippen LogP contribution is -2.50. The summed E-state index contributed by atoms with van der Waals surface area (Å²) in [6.45, 7) is 2.69. The van der Waals surface area contributed by atoms with Crippen LogP contribution < -0.4 is 5.32 Å². The van der Waals surface area contributed by atoms with Gasteiger partial charge in [-0.3, -0.25) is 19.8 Å². The normalized spacial score (nSPS) is 15.0. The highest BCUT2D eigenvalue weighted by atomic mass is 32.1. The monoisotopic (exact) mass is 382 g/mol. The summed E-state index contributed by atoms with van der Waals surface area (Å²) in [7, 11) is 0. The van der Waals surface area contributed by atoms with E-state index in [2.05, 4.69) is 20.5 Å². The smallest absolute Gasteiger partial charge is 0.272 e. The summed E-state index contributed by atoms with van der Waals surface area (Å²) in [6.07, 6.45) is 0. The van der Waals surface area contributed by atoms with E-state index in [1.807, 2.05) is 35.2 Å². The molecule has 1 aromatic carbocycles. The van der Waals surface area contributed by atoms with Crippen molar-refractivity contribution in [2.24, 2.45) is 0 Å². The number of aromatic nitrogens is 3. The molecule has 1 aliphatic heterocycles. The zero-order chi connectivity index (χ0) is 18.6. The third-order valence-corrected chi connectivity index (χ3v) is 5.06. The molecule has 0 unspecified atom stereocenters. The molecular weight excluding hydrogens is 364 g/mol. The number of rotatable bonds is 4. The van der Waals surface area contributed by atoms with Crippen molar-refractivity contribution in [2.45, 2.75) is 0 Å². The summed E-state index contributed by atoms with van der Waals surface area (Å²) in [5, 5.41) is 11.7. The van der Waals surface area contributed by atoms with Crippen LogP contribution >= 0.6 is 11.3 Å². The zero-order valence-corrected chi connectivity index (χ0v) is 15.4. The van der Waals surface area contributed by atoms with Gasteiger partial charge in [0.15, 0.2) is 0 Å². The van der Waals surface area contributed by atoms with Crippen LogP contribution in [0.4, 0.5) is 5.13 Å². The van der Waals surface area contributed by atoms with Gasteiger partial charge in [-0.25, -0.2) is 4.98 Å². The van der Waals surface area contributed by atoms with Crippen molar-refractivity contribution >= 4 is 39.2 Å². The topological polar surface area (TPSA) is 91.3 Å². The molecule has 0 radical (unpaired) electrons. The molecule has 138 valence electrons. The molecule has 8 nitrogen and oxygen atoms in total. The number of hydrogen-bond donors (Lipinski definition) is 1. The molecule has 27 heavy (non-hydrogen) atoms. The highest BCUT2D eigenvalue weighted by Crippen LogP contribution is 2.14. The number of pyridine rings is 1. The van der Waals surface area contributed by atoms with Crippen LogP contribution in [0.2, 0.25) is 0 Å². The number of anilines is 1. The first-order valence-electron chi connectivity index (χ1n) is 8.62. The lowest BCUT2D eigenvalue weighted by atomic mass is 10.2. The SMILES string of the molecule is O=C(CN1CCN(C(=O)c2ccc3ccccc3n2)CC1)Nc1nncs1. The quantitative estimate of drug-likeness (QED) is 0.735. The van der Waals surface area contributed by atoms with E-state index in [1.54, 1.807) is 16.5 Å². The van der Waals surface area contributed by atoms with Gasteiger partial charge in [0.25, 0.3) is 5.91 Å². The fraction of sp³-hybridized carbons (Fsp3) is 0.278. The van der Waals surface area contributed by atoms with Crippen LogP contribution in [0, 0.1) is 0 Å². The van der Waals surface area contributed by atoms with E-state index in [4.69, 9.17) is 0 Å². The third-order valence-electron chi connectivity index (χ3n) is 4.45. The minimum atomic E-state index is -0.122. The van der Waals surface area contributed by atoms with Crippen LogP contribution in [0.3, 0.4) is 0 Å². The van der Waals surface area contributed by atoms with Crippen LogP contribution in [0.25, 0.3) is 10.9 Å². The van der Waals surface area contributed by atoms with E-state index < -0.39 is 0 Å². The van der Waals surface area contributed by atoms with Gasteiger partial charge in [0.1, 0.15) is 11.2 Å². The summed E-state index contributed by atoms with van der Waals surface area (Å²) < 4.78 is 0. The van der Waals surface area contributed by atoms with Gasteiger partial charge < -0.3 is 4.90 Å². The molecule has 0 aliphatic carbocycles. The second kappa shape index (κ2) is 7.77. The largest absolute Gasteiger partial charge is 0.335 e. The van der Waals surface area contributed by atoms with E-state index in [1.165, 1.54) is 11.3 Å². The maximum absolute atomic E-state index is 12.7. The first kappa shape index (κ1) is 17.5. The van der Waals surface area contributed by atoms with Crippen LogP contribution in [0.5, 0.6) is 0 Å². The predicted molar refractivity (Wildman–Crippen MR) is 103 cm³/mol. The van der Waals surface area contributed by atoms with Crippen molar-refractivity contribution in [3.05, 3.63) is 47.6 Å². The Morgan fingerprint density at radius 2 is 1.89 bits per heavy atom. The molecule has 1 saturated heterocycles. The van der Waals surface area contributed by atoms with E-state index in [9.17, 15) is 9.59 Å². The molecule has 0 atom stereocenters. The maximum atomic E-state index is 12.7. The van der Waals surface area contributed by atoms with Crippen LogP contribution in [-0.2, 0) is 4.79 Å². The first-order chi connectivity index (χ1) is 13.2. The standard InChI is InChI=1S/C18H18N6O2S/c25-16(21-18-22-19-12-27-18)11-23-7-9-24(10-8-23)17(26)15-6-5-13-3-1-2-4-14(13)20-15/h1-6,12H,7-11H2,(H,21,22,25). The summed E-state index contributed by atoms with van der Waals surface area (Å²) in [6, 6.07) is 11.4. The molecule has 0 saturated carbocycles. The second-order valence-corrected chi connectivity index (χ2v) is 7.08. The Hall–Kier alpha value is -2.91. The van der Waals surface area contributed by atoms with Gasteiger partial charge in [0.2, 0.25) is 11.0 Å². The molecular formula is C18H18N6O2S. The maximum Gasteiger partial charge on any atom is 0.272 e. The highest BCUT2D eigenvalue weighted by Gasteiger charge is 2.24. The number of benzene rings is 1. The second-order valence-electron chi connectivity index (χ2n) is 6.25. The number of para-hydroxylation sites is 1. The van der Waals surface area contributed by atoms with Crippen molar-refractivity contribution in [3.8, 4) is 0 Å². The van der Waals surface area contributed by atoms with E-state index in [-0.39, 0.29) is 18.4 Å². The summed E-state index contributed by atoms with van der Waals surface area (Å²) >= 11 is 1.28. The molecule has 1 N–H and O–H groups in total. The van der Waals surface area contributed by atoms with Gasteiger partial charge in [-0.1, -0.05) is 35.6 Å². The lowest BCUT2D eigenvalue weighted by molar-refractivity contribution is -0.117. The average molecular weight is 382 g/mol. The van der Waals surface area contributed by atoms with E-state index in [0.29, 0.717) is 37.0 Å². The van der Waals surface area contributed by atoms with Crippen molar-refractivity contribution in [1.29, 1.82) is 0 Å². The van der Waals surface area contributed by atoms with Crippen molar-refractivity contribution in [1.82, 2.24) is 25.0 Å². The molecule has 3 aromatic rings. The van der Waals surface area contributed by atoms with Crippen molar-refractivity contribution in [3.63, 3.8) is 0 Å². The number of carbonyl (C=O) groups excluding carboxylic acids is 2. The van der Waals surface area contributed by atoms with E-state index >= 15 is 0 Å². The van der Waals surface area contributed by atoms with Crippen molar-refractivity contribution < 1.29 is 9.59 Å². The molecule has 4 rings (SSSR count). The van der Waals surface area contributed by atoms with Gasteiger partial charge in [0, 0.05) is 31.6 Å². The minimum Gasteiger partial charge on any atom is -0.335 e. The number of piperazine rings is 1. The number of amides is 2. The molecule has 2 amide bonds. The number of nitrogens with one attached hydrogen (secondary N) is 1. The first-order valence-corrected chi connectivity index (χ1v) is 9.50. The predicted octanol–water partition coefficient (Wildman–Crippen LogP) is 1.48. The molecule has 1 fully saturated rings. The summed E-state index contributed by atoms with van der Waals surface area (Å²) in [5.74, 6) is -0.193. The van der Waals surface area contributed by atoms with Gasteiger partial charge in [-0.05, 0) is 12.1 Å². The van der Waals surface area contributed by atoms with Crippen LogP contribution in [-0.4, -0.2) is 69.5 Å². The zero-order valence-electron chi connectivity index (χ0n) is 14.5. The number of fused-ring (bicyclic) bond motifs is 1. The minimum absolute atomic E-state index is 0.0706. The van der Waals surface area contributed by atoms with Crippen LogP contribution in [0.1, 0.15) is 10.5 Å².